The molecule has 2 aromatic rings. The minimum absolute atomic E-state index is 0.215. The number of esters is 1. The van der Waals surface area contributed by atoms with E-state index in [1.165, 1.54) is 11.4 Å². The molecule has 1 heterocycles. The van der Waals surface area contributed by atoms with Gasteiger partial charge in [0.1, 0.15) is 5.92 Å². The van der Waals surface area contributed by atoms with Gasteiger partial charge in [0.15, 0.2) is 0 Å². The van der Waals surface area contributed by atoms with Crippen LogP contribution in [-0.4, -0.2) is 32.3 Å². The smallest absolute Gasteiger partial charge is 0.319 e. The van der Waals surface area contributed by atoms with Crippen LogP contribution in [0.15, 0.2) is 71.3 Å². The fourth-order valence-corrected chi connectivity index (χ4v) is 4.65. The van der Waals surface area contributed by atoms with Gasteiger partial charge >= 0.3 is 5.97 Å². The molecule has 0 aliphatic carbocycles. The van der Waals surface area contributed by atoms with Crippen molar-refractivity contribution in [2.24, 2.45) is 0 Å². The maximum atomic E-state index is 13.1. The molecule has 3 rings (SSSR count). The van der Waals surface area contributed by atoms with Crippen LogP contribution in [0.4, 0.5) is 0 Å². The van der Waals surface area contributed by atoms with Crippen molar-refractivity contribution in [3.63, 3.8) is 0 Å². The molecule has 2 aromatic carbocycles. The van der Waals surface area contributed by atoms with Crippen LogP contribution < -0.4 is 0 Å². The third kappa shape index (κ3) is 3.37. The van der Waals surface area contributed by atoms with Gasteiger partial charge in [-0.2, -0.15) is 0 Å². The average molecular weight is 371 g/mol. The molecule has 0 spiro atoms. The highest BCUT2D eigenvalue weighted by molar-refractivity contribution is 7.89. The van der Waals surface area contributed by atoms with E-state index in [0.717, 1.165) is 5.56 Å². The van der Waals surface area contributed by atoms with Crippen LogP contribution in [0.1, 0.15) is 23.5 Å². The van der Waals surface area contributed by atoms with E-state index in [2.05, 4.69) is 0 Å². The fraction of sp³-hybridized carbons (Fsp3) is 0.250. The summed E-state index contributed by atoms with van der Waals surface area (Å²) in [5, 5.41) is 0. The second-order valence-electron chi connectivity index (χ2n) is 6.17. The van der Waals surface area contributed by atoms with Crippen LogP contribution in [-0.2, 0) is 19.6 Å². The largest absolute Gasteiger partial charge is 0.468 e. The summed E-state index contributed by atoms with van der Waals surface area (Å²) in [6.07, 6.45) is 2.36. The minimum Gasteiger partial charge on any atom is -0.468 e. The van der Waals surface area contributed by atoms with Crippen molar-refractivity contribution < 1.29 is 17.9 Å². The van der Waals surface area contributed by atoms with E-state index in [1.54, 1.807) is 42.5 Å². The van der Waals surface area contributed by atoms with Gasteiger partial charge in [-0.25, -0.2) is 8.42 Å². The van der Waals surface area contributed by atoms with Gasteiger partial charge in [0.05, 0.1) is 12.0 Å². The van der Waals surface area contributed by atoms with Crippen LogP contribution in [0, 0.1) is 6.92 Å². The van der Waals surface area contributed by atoms with E-state index in [4.69, 9.17) is 4.74 Å². The zero-order chi connectivity index (χ0) is 18.7. The van der Waals surface area contributed by atoms with Crippen LogP contribution in [0.2, 0.25) is 0 Å². The monoisotopic (exact) mass is 371 g/mol. The Kier molecular flexibility index (Phi) is 5.13. The molecule has 0 saturated carbocycles. The van der Waals surface area contributed by atoms with Crippen molar-refractivity contribution >= 4 is 16.0 Å². The number of carbonyl (C=O) groups is 1. The van der Waals surface area contributed by atoms with Gasteiger partial charge in [-0.1, -0.05) is 54.1 Å². The Bertz CT molecular complexity index is 918. The number of benzene rings is 2. The number of rotatable bonds is 5. The average Bonchev–Trinajstić information content (AvgIpc) is 3.13. The summed E-state index contributed by atoms with van der Waals surface area (Å²) in [6.45, 7) is 2.21. The predicted octanol–water partition coefficient (Wildman–Crippen LogP) is 3.23. The number of methoxy groups -OCH3 is 1. The number of hydrogen-bond donors (Lipinski definition) is 0. The van der Waals surface area contributed by atoms with E-state index < -0.39 is 21.9 Å². The third-order valence-electron chi connectivity index (χ3n) is 4.45. The van der Waals surface area contributed by atoms with Crippen molar-refractivity contribution in [1.82, 2.24) is 4.31 Å². The Hall–Kier alpha value is -2.60. The molecule has 1 unspecified atom stereocenters. The van der Waals surface area contributed by atoms with Crippen LogP contribution in [0.3, 0.4) is 0 Å². The molecule has 0 aromatic heterocycles. The molecule has 1 aliphatic rings. The molecule has 136 valence electrons. The van der Waals surface area contributed by atoms with Crippen molar-refractivity contribution in [3.05, 3.63) is 77.5 Å². The van der Waals surface area contributed by atoms with E-state index >= 15 is 0 Å². The highest BCUT2D eigenvalue weighted by atomic mass is 32.2. The first-order chi connectivity index (χ1) is 12.4. The molecule has 0 radical (unpaired) electrons. The summed E-state index contributed by atoms with van der Waals surface area (Å²) in [6, 6.07) is 15.8. The molecular formula is C20H21NO4S. The highest BCUT2D eigenvalue weighted by Gasteiger charge is 2.37. The lowest BCUT2D eigenvalue weighted by molar-refractivity contribution is -0.141. The minimum atomic E-state index is -3.74. The maximum Gasteiger partial charge on any atom is 0.319 e. The molecule has 1 aliphatic heterocycles. The Morgan fingerprint density at radius 1 is 1.08 bits per heavy atom. The van der Waals surface area contributed by atoms with Crippen molar-refractivity contribution in [2.45, 2.75) is 24.2 Å². The highest BCUT2D eigenvalue weighted by Crippen LogP contribution is 2.35. The zero-order valence-corrected chi connectivity index (χ0v) is 15.6. The topological polar surface area (TPSA) is 63.7 Å². The molecule has 26 heavy (non-hydrogen) atoms. The lowest BCUT2D eigenvalue weighted by Gasteiger charge is -2.27. The molecule has 0 bridgehead atoms. The molecular weight excluding hydrogens is 350 g/mol. The summed E-state index contributed by atoms with van der Waals surface area (Å²) in [4.78, 5) is 12.7. The van der Waals surface area contributed by atoms with Gasteiger partial charge in [0.2, 0.25) is 0 Å². The standard InChI is InChI=1S/C20H21NO4S/c1-15-10-12-17(13-11-15)26(23,24)21-14-6-9-18(21)19(20(22)25-2)16-7-4-3-5-8-16/h3-5,7-13,19H,6,14H2,1-2H3. The summed E-state index contributed by atoms with van der Waals surface area (Å²) in [5.41, 5.74) is 2.14. The van der Waals surface area contributed by atoms with Crippen LogP contribution in [0.25, 0.3) is 0 Å². The van der Waals surface area contributed by atoms with Gasteiger partial charge in [-0.3, -0.25) is 9.10 Å². The van der Waals surface area contributed by atoms with Crippen LogP contribution in [0.5, 0.6) is 0 Å². The number of carbonyl (C=O) groups excluding carboxylic acids is 1. The molecule has 6 heteroatoms. The number of hydrogen-bond acceptors (Lipinski definition) is 4. The SMILES string of the molecule is COC(=O)C(C1=CCCN1S(=O)(=O)c1ccc(C)cc1)c1ccccc1. The van der Waals surface area contributed by atoms with Gasteiger partial charge in [0, 0.05) is 12.2 Å². The van der Waals surface area contributed by atoms with Gasteiger partial charge in [-0.15, -0.1) is 0 Å². The lowest BCUT2D eigenvalue weighted by atomic mass is 9.96. The lowest BCUT2D eigenvalue weighted by Crippen LogP contribution is -2.33. The normalized spacial score (nSPS) is 15.5. The summed E-state index contributed by atoms with van der Waals surface area (Å²) in [5.74, 6) is -1.25. The quantitative estimate of drug-likeness (QED) is 0.757. The number of nitrogens with zero attached hydrogens (tertiary/aromatic N) is 1. The van der Waals surface area contributed by atoms with Gasteiger partial charge < -0.3 is 4.74 Å². The van der Waals surface area contributed by atoms with Gasteiger partial charge in [-0.05, 0) is 31.0 Å². The Morgan fingerprint density at radius 3 is 2.35 bits per heavy atom. The molecule has 0 N–H and O–H groups in total. The maximum absolute atomic E-state index is 13.1. The van der Waals surface area contributed by atoms with Crippen LogP contribution >= 0.6 is 0 Å². The Balaban J connectivity index is 2.03. The number of ether oxygens (including phenoxy) is 1. The molecule has 0 saturated heterocycles. The third-order valence-corrected chi connectivity index (χ3v) is 6.29. The predicted molar refractivity (Wildman–Crippen MR) is 99.0 cm³/mol. The van der Waals surface area contributed by atoms with Gasteiger partial charge in [0.25, 0.3) is 10.0 Å². The summed E-state index contributed by atoms with van der Waals surface area (Å²) < 4.78 is 32.6. The van der Waals surface area contributed by atoms with Crippen molar-refractivity contribution in [2.75, 3.05) is 13.7 Å². The Labute approximate surface area is 154 Å². The molecule has 1 atom stereocenters. The Morgan fingerprint density at radius 2 is 1.73 bits per heavy atom. The first-order valence-electron chi connectivity index (χ1n) is 8.37. The number of aryl methyl sites for hydroxylation is 1. The van der Waals surface area contributed by atoms with Crippen molar-refractivity contribution in [3.8, 4) is 0 Å². The molecule has 0 fully saturated rings. The van der Waals surface area contributed by atoms with E-state index in [0.29, 0.717) is 24.2 Å². The zero-order valence-electron chi connectivity index (χ0n) is 14.8. The van der Waals surface area contributed by atoms with E-state index in [-0.39, 0.29) is 4.90 Å². The van der Waals surface area contributed by atoms with E-state index in [9.17, 15) is 13.2 Å². The summed E-state index contributed by atoms with van der Waals surface area (Å²) in [7, 11) is -2.43. The first kappa shape index (κ1) is 18.2. The second kappa shape index (κ2) is 7.33. The molecule has 5 nitrogen and oxygen atoms in total. The molecule has 0 amide bonds. The second-order valence-corrected chi connectivity index (χ2v) is 8.04. The van der Waals surface area contributed by atoms with E-state index in [1.807, 2.05) is 25.1 Å². The van der Waals surface area contributed by atoms with Crippen molar-refractivity contribution in [1.29, 1.82) is 0 Å². The number of sulfonamides is 1. The summed E-state index contributed by atoms with van der Waals surface area (Å²) >= 11 is 0. The fourth-order valence-electron chi connectivity index (χ4n) is 3.11. The first-order valence-corrected chi connectivity index (χ1v) is 9.81.